The van der Waals surface area contributed by atoms with Crippen molar-refractivity contribution in [3.63, 3.8) is 0 Å². The Kier molecular flexibility index (Phi) is 4.22. The van der Waals surface area contributed by atoms with Gasteiger partial charge in [-0.2, -0.15) is 0 Å². The molecule has 1 atom stereocenters. The van der Waals surface area contributed by atoms with Crippen LogP contribution in [0.1, 0.15) is 11.5 Å². The Labute approximate surface area is 132 Å². The first kappa shape index (κ1) is 13.8. The summed E-state index contributed by atoms with van der Waals surface area (Å²) < 4.78 is 6.32. The second-order valence-corrected chi connectivity index (χ2v) is 6.78. The highest BCUT2D eigenvalue weighted by Crippen LogP contribution is 2.39. The van der Waals surface area contributed by atoms with Gasteiger partial charge in [0.15, 0.2) is 0 Å². The molecule has 1 N–H and O–H groups in total. The molecule has 0 spiro atoms. The molecule has 0 saturated heterocycles. The first-order valence-corrected chi connectivity index (χ1v) is 8.34. The minimum Gasteiger partial charge on any atom is -0.497 e. The maximum Gasteiger partial charge on any atom is 0.122 e. The number of anilines is 1. The molecular formula is C16H16BrNOS. The predicted molar refractivity (Wildman–Crippen MR) is 89.1 cm³/mol. The maximum atomic E-state index is 5.29. The van der Waals surface area contributed by atoms with Gasteiger partial charge in [-0.05, 0) is 23.8 Å². The van der Waals surface area contributed by atoms with Crippen LogP contribution in [-0.4, -0.2) is 19.4 Å². The van der Waals surface area contributed by atoms with E-state index in [-0.39, 0.29) is 0 Å². The van der Waals surface area contributed by atoms with Crippen LogP contribution in [0.25, 0.3) is 0 Å². The maximum absolute atomic E-state index is 5.29. The lowest BCUT2D eigenvalue weighted by molar-refractivity contribution is 0.414. The number of ether oxygens (including phenoxy) is 1. The number of methoxy groups -OCH3 is 1. The number of halogens is 1. The monoisotopic (exact) mass is 349 g/mol. The zero-order chi connectivity index (χ0) is 13.9. The third-order valence-electron chi connectivity index (χ3n) is 3.46. The van der Waals surface area contributed by atoms with E-state index in [1.807, 2.05) is 23.9 Å². The summed E-state index contributed by atoms with van der Waals surface area (Å²) in [6.07, 6.45) is 0. The fourth-order valence-electron chi connectivity index (χ4n) is 2.42. The topological polar surface area (TPSA) is 21.3 Å². The largest absolute Gasteiger partial charge is 0.497 e. The Morgan fingerprint density at radius 3 is 3.00 bits per heavy atom. The molecule has 0 saturated carbocycles. The molecule has 1 aliphatic rings. The molecular weight excluding hydrogens is 334 g/mol. The van der Waals surface area contributed by atoms with Crippen LogP contribution in [-0.2, 0) is 0 Å². The minimum atomic E-state index is 0.571. The van der Waals surface area contributed by atoms with Gasteiger partial charge in [0.05, 0.1) is 7.11 Å². The lowest BCUT2D eigenvalue weighted by Gasteiger charge is -2.14. The number of fused-ring (bicyclic) bond motifs is 1. The average Bonchev–Trinajstić information content (AvgIpc) is 2.88. The van der Waals surface area contributed by atoms with Gasteiger partial charge in [0.2, 0.25) is 0 Å². The van der Waals surface area contributed by atoms with Crippen LogP contribution in [0.15, 0.2) is 51.8 Å². The number of hydrogen-bond acceptors (Lipinski definition) is 3. The molecule has 0 fully saturated rings. The number of thioether (sulfide) groups is 1. The Hall–Kier alpha value is -1.13. The van der Waals surface area contributed by atoms with E-state index in [9.17, 15) is 0 Å². The molecule has 0 aromatic heterocycles. The summed E-state index contributed by atoms with van der Waals surface area (Å²) in [5, 5.41) is 3.52. The highest BCUT2D eigenvalue weighted by atomic mass is 79.9. The number of nitrogens with one attached hydrogen (secondary N) is 1. The molecule has 1 aliphatic heterocycles. The van der Waals surface area contributed by atoms with Gasteiger partial charge in [-0.25, -0.2) is 0 Å². The fourth-order valence-corrected chi connectivity index (χ4v) is 4.15. The highest BCUT2D eigenvalue weighted by molar-refractivity contribution is 9.10. The van der Waals surface area contributed by atoms with Gasteiger partial charge in [-0.3, -0.25) is 0 Å². The third kappa shape index (κ3) is 2.96. The lowest BCUT2D eigenvalue weighted by atomic mass is 10.0. The van der Waals surface area contributed by atoms with Crippen LogP contribution in [0.2, 0.25) is 0 Å². The smallest absolute Gasteiger partial charge is 0.122 e. The van der Waals surface area contributed by atoms with E-state index in [0.29, 0.717) is 5.92 Å². The quantitative estimate of drug-likeness (QED) is 0.859. The van der Waals surface area contributed by atoms with Gasteiger partial charge in [-0.1, -0.05) is 34.1 Å². The van der Waals surface area contributed by atoms with E-state index in [1.165, 1.54) is 10.5 Å². The van der Waals surface area contributed by atoms with Crippen LogP contribution < -0.4 is 10.1 Å². The molecule has 2 nitrogen and oxygen atoms in total. The first-order valence-electron chi connectivity index (χ1n) is 6.56. The van der Waals surface area contributed by atoms with Gasteiger partial charge in [-0.15, -0.1) is 11.8 Å². The van der Waals surface area contributed by atoms with Crippen molar-refractivity contribution >= 4 is 33.4 Å². The van der Waals surface area contributed by atoms with Crippen LogP contribution in [0.3, 0.4) is 0 Å². The summed E-state index contributed by atoms with van der Waals surface area (Å²) in [6, 6.07) is 14.8. The van der Waals surface area contributed by atoms with Gasteiger partial charge >= 0.3 is 0 Å². The first-order chi connectivity index (χ1) is 9.76. The summed E-state index contributed by atoms with van der Waals surface area (Å²) >= 11 is 5.46. The molecule has 1 unspecified atom stereocenters. The molecule has 0 aliphatic carbocycles. The van der Waals surface area contributed by atoms with E-state index in [2.05, 4.69) is 51.6 Å². The van der Waals surface area contributed by atoms with Gasteiger partial charge in [0, 0.05) is 39.3 Å². The molecule has 3 rings (SSSR count). The number of rotatable bonds is 4. The molecule has 104 valence electrons. The Morgan fingerprint density at radius 1 is 1.30 bits per heavy atom. The summed E-state index contributed by atoms with van der Waals surface area (Å²) in [5.41, 5.74) is 2.55. The molecule has 2 aromatic rings. The van der Waals surface area contributed by atoms with Gasteiger partial charge in [0.1, 0.15) is 5.75 Å². The molecule has 1 heterocycles. The van der Waals surface area contributed by atoms with E-state index in [1.54, 1.807) is 7.11 Å². The second kappa shape index (κ2) is 6.10. The van der Waals surface area contributed by atoms with E-state index < -0.39 is 0 Å². The molecule has 0 bridgehead atoms. The molecule has 20 heavy (non-hydrogen) atoms. The Bertz CT molecular complexity index is 617. The minimum absolute atomic E-state index is 0.571. The summed E-state index contributed by atoms with van der Waals surface area (Å²) in [7, 11) is 1.69. The fraction of sp³-hybridized carbons (Fsp3) is 0.250. The summed E-state index contributed by atoms with van der Waals surface area (Å²) in [6.45, 7) is 0.948. The van der Waals surface area contributed by atoms with Crippen LogP contribution >= 0.6 is 27.7 Å². The number of benzene rings is 2. The molecule has 0 amide bonds. The predicted octanol–water partition coefficient (Wildman–Crippen LogP) is 4.76. The normalized spacial score (nSPS) is 16.8. The van der Waals surface area contributed by atoms with Crippen molar-refractivity contribution in [2.24, 2.45) is 0 Å². The van der Waals surface area contributed by atoms with Crippen molar-refractivity contribution in [2.75, 3.05) is 24.7 Å². The Morgan fingerprint density at radius 2 is 2.15 bits per heavy atom. The van der Waals surface area contributed by atoms with Gasteiger partial charge in [0.25, 0.3) is 0 Å². The average molecular weight is 350 g/mol. The zero-order valence-electron chi connectivity index (χ0n) is 11.2. The van der Waals surface area contributed by atoms with E-state index >= 15 is 0 Å². The van der Waals surface area contributed by atoms with Crippen molar-refractivity contribution in [1.82, 2.24) is 0 Å². The lowest BCUT2D eigenvalue weighted by Crippen LogP contribution is -2.12. The van der Waals surface area contributed by atoms with Crippen LogP contribution in [0, 0.1) is 0 Å². The standard InChI is InChI=1S/C16H16BrNOS/c1-19-14-7-12(17)6-13(8-14)18-9-11-10-20-16-5-3-2-4-15(11)16/h2-8,11,18H,9-10H2,1H3. The third-order valence-corrected chi connectivity index (χ3v) is 5.17. The Balaban J connectivity index is 1.70. The summed E-state index contributed by atoms with van der Waals surface area (Å²) in [5.74, 6) is 2.58. The van der Waals surface area contributed by atoms with Crippen molar-refractivity contribution in [2.45, 2.75) is 10.8 Å². The zero-order valence-corrected chi connectivity index (χ0v) is 13.6. The van der Waals surface area contributed by atoms with Crippen molar-refractivity contribution in [3.8, 4) is 5.75 Å². The molecule has 0 radical (unpaired) electrons. The summed E-state index contributed by atoms with van der Waals surface area (Å²) in [4.78, 5) is 1.42. The van der Waals surface area contributed by atoms with Crippen LogP contribution in [0.4, 0.5) is 5.69 Å². The van der Waals surface area contributed by atoms with Crippen molar-refractivity contribution < 1.29 is 4.74 Å². The number of hydrogen-bond donors (Lipinski definition) is 1. The van der Waals surface area contributed by atoms with E-state index in [4.69, 9.17) is 4.74 Å². The molecule has 4 heteroatoms. The highest BCUT2D eigenvalue weighted by Gasteiger charge is 2.22. The van der Waals surface area contributed by atoms with Crippen molar-refractivity contribution in [3.05, 3.63) is 52.5 Å². The molecule has 2 aromatic carbocycles. The van der Waals surface area contributed by atoms with Crippen LogP contribution in [0.5, 0.6) is 5.75 Å². The van der Waals surface area contributed by atoms with E-state index in [0.717, 1.165) is 28.2 Å². The van der Waals surface area contributed by atoms with Crippen molar-refractivity contribution in [1.29, 1.82) is 0 Å². The van der Waals surface area contributed by atoms with Gasteiger partial charge < -0.3 is 10.1 Å². The second-order valence-electron chi connectivity index (χ2n) is 4.81. The SMILES string of the molecule is COc1cc(Br)cc(NCC2CSc3ccccc32)c1.